The van der Waals surface area contributed by atoms with Crippen LogP contribution in [-0.2, 0) is 6.42 Å². The Labute approximate surface area is 101 Å². The molecule has 0 saturated carbocycles. The molecule has 1 atom stereocenters. The van der Waals surface area contributed by atoms with E-state index in [0.29, 0.717) is 6.04 Å². The Morgan fingerprint density at radius 3 is 3.00 bits per heavy atom. The molecule has 0 saturated heterocycles. The van der Waals surface area contributed by atoms with Gasteiger partial charge in [0.15, 0.2) is 0 Å². The lowest BCUT2D eigenvalue weighted by molar-refractivity contribution is 0.598. The number of hydrogen-bond acceptors (Lipinski definition) is 3. The van der Waals surface area contributed by atoms with E-state index in [1.807, 2.05) is 6.07 Å². The zero-order chi connectivity index (χ0) is 11.5. The van der Waals surface area contributed by atoms with E-state index < -0.39 is 0 Å². The van der Waals surface area contributed by atoms with Crippen molar-refractivity contribution >= 4 is 5.82 Å². The summed E-state index contributed by atoms with van der Waals surface area (Å²) in [7, 11) is 0. The van der Waals surface area contributed by atoms with Crippen molar-refractivity contribution in [2.75, 3.05) is 5.32 Å². The fourth-order valence-corrected chi connectivity index (χ4v) is 2.46. The van der Waals surface area contributed by atoms with Gasteiger partial charge in [-0.15, -0.1) is 0 Å². The molecule has 0 radical (unpaired) electrons. The van der Waals surface area contributed by atoms with Crippen LogP contribution in [0.25, 0.3) is 0 Å². The lowest BCUT2D eigenvalue weighted by Gasteiger charge is -2.26. The van der Waals surface area contributed by atoms with E-state index in [9.17, 15) is 0 Å². The standard InChI is InChI=1S/C14H15N3/c1-2-6-12-11(4-1)5-3-7-13(12)17-14-8-9-15-10-16-14/h1-2,4,6,8-10,13H,3,5,7H2,(H,15,16,17)/t13-/m0/s1. The molecule has 1 aliphatic rings. The van der Waals surface area contributed by atoms with Crippen LogP contribution in [0.1, 0.15) is 30.0 Å². The molecule has 2 aromatic rings. The number of benzene rings is 1. The zero-order valence-corrected chi connectivity index (χ0v) is 9.63. The molecular formula is C14H15N3. The van der Waals surface area contributed by atoms with Crippen LogP contribution >= 0.6 is 0 Å². The molecule has 1 aliphatic carbocycles. The van der Waals surface area contributed by atoms with Crippen LogP contribution < -0.4 is 5.32 Å². The average molecular weight is 225 g/mol. The molecule has 1 N–H and O–H groups in total. The minimum Gasteiger partial charge on any atom is -0.363 e. The summed E-state index contributed by atoms with van der Waals surface area (Å²) in [5.74, 6) is 0.904. The number of hydrogen-bond donors (Lipinski definition) is 1. The van der Waals surface area contributed by atoms with Crippen molar-refractivity contribution in [3.8, 4) is 0 Å². The Balaban J connectivity index is 1.86. The maximum absolute atomic E-state index is 4.22. The van der Waals surface area contributed by atoms with Crippen LogP contribution in [-0.4, -0.2) is 9.97 Å². The van der Waals surface area contributed by atoms with Crippen molar-refractivity contribution in [1.82, 2.24) is 9.97 Å². The van der Waals surface area contributed by atoms with Gasteiger partial charge in [-0.25, -0.2) is 9.97 Å². The highest BCUT2D eigenvalue weighted by Gasteiger charge is 2.19. The fraction of sp³-hybridized carbons (Fsp3) is 0.286. The first-order valence-corrected chi connectivity index (χ1v) is 6.04. The molecule has 17 heavy (non-hydrogen) atoms. The van der Waals surface area contributed by atoms with Gasteiger partial charge in [-0.3, -0.25) is 0 Å². The van der Waals surface area contributed by atoms with E-state index in [4.69, 9.17) is 0 Å². The van der Waals surface area contributed by atoms with Crippen molar-refractivity contribution in [2.45, 2.75) is 25.3 Å². The molecule has 0 bridgehead atoms. The molecule has 1 aromatic heterocycles. The smallest absolute Gasteiger partial charge is 0.129 e. The molecule has 0 amide bonds. The lowest BCUT2D eigenvalue weighted by Crippen LogP contribution is -2.17. The molecule has 1 heterocycles. The van der Waals surface area contributed by atoms with Gasteiger partial charge in [0.25, 0.3) is 0 Å². The number of aromatic nitrogens is 2. The van der Waals surface area contributed by atoms with E-state index in [1.54, 1.807) is 12.5 Å². The zero-order valence-electron chi connectivity index (χ0n) is 9.63. The minimum atomic E-state index is 0.384. The highest BCUT2D eigenvalue weighted by molar-refractivity contribution is 5.41. The van der Waals surface area contributed by atoms with E-state index in [1.165, 1.54) is 30.4 Å². The van der Waals surface area contributed by atoms with Gasteiger partial charge >= 0.3 is 0 Å². The van der Waals surface area contributed by atoms with Crippen LogP contribution in [0, 0.1) is 0 Å². The predicted molar refractivity (Wildman–Crippen MR) is 67.8 cm³/mol. The second kappa shape index (κ2) is 4.53. The molecule has 0 spiro atoms. The molecule has 3 nitrogen and oxygen atoms in total. The number of aryl methyl sites for hydroxylation is 1. The Hall–Kier alpha value is -1.90. The van der Waals surface area contributed by atoms with Gasteiger partial charge in [-0.1, -0.05) is 24.3 Å². The molecule has 0 unspecified atom stereocenters. The number of nitrogens with zero attached hydrogens (tertiary/aromatic N) is 2. The van der Waals surface area contributed by atoms with Gasteiger partial charge in [0.2, 0.25) is 0 Å². The summed E-state index contributed by atoms with van der Waals surface area (Å²) >= 11 is 0. The van der Waals surface area contributed by atoms with E-state index >= 15 is 0 Å². The van der Waals surface area contributed by atoms with Gasteiger partial charge in [0, 0.05) is 6.20 Å². The average Bonchev–Trinajstić information content (AvgIpc) is 2.40. The quantitative estimate of drug-likeness (QED) is 0.853. The highest BCUT2D eigenvalue weighted by atomic mass is 15.0. The first kappa shape index (κ1) is 10.3. The lowest BCUT2D eigenvalue weighted by atomic mass is 9.88. The third-order valence-electron chi connectivity index (χ3n) is 3.27. The monoisotopic (exact) mass is 225 g/mol. The molecule has 1 aromatic carbocycles. The van der Waals surface area contributed by atoms with Gasteiger partial charge in [-0.2, -0.15) is 0 Å². The first-order chi connectivity index (χ1) is 8.43. The maximum atomic E-state index is 4.22. The topological polar surface area (TPSA) is 37.8 Å². The number of nitrogens with one attached hydrogen (secondary N) is 1. The summed E-state index contributed by atoms with van der Waals surface area (Å²) in [6.07, 6.45) is 6.94. The maximum Gasteiger partial charge on any atom is 0.129 e. The number of anilines is 1. The molecule has 0 fully saturated rings. The summed E-state index contributed by atoms with van der Waals surface area (Å²) in [5.41, 5.74) is 2.88. The Bertz CT molecular complexity index is 496. The number of rotatable bonds is 2. The normalized spacial score (nSPS) is 18.5. The highest BCUT2D eigenvalue weighted by Crippen LogP contribution is 2.31. The van der Waals surface area contributed by atoms with Crippen LogP contribution in [0.2, 0.25) is 0 Å². The van der Waals surface area contributed by atoms with Crippen LogP contribution in [0.3, 0.4) is 0 Å². The van der Waals surface area contributed by atoms with Gasteiger partial charge in [0.1, 0.15) is 12.1 Å². The largest absolute Gasteiger partial charge is 0.363 e. The van der Waals surface area contributed by atoms with Crippen molar-refractivity contribution in [1.29, 1.82) is 0 Å². The van der Waals surface area contributed by atoms with Crippen molar-refractivity contribution in [2.24, 2.45) is 0 Å². The Kier molecular flexibility index (Phi) is 2.74. The SMILES string of the molecule is c1ccc2c(c1)CCC[C@@H]2Nc1ccncn1. The summed E-state index contributed by atoms with van der Waals surface area (Å²) < 4.78 is 0. The van der Waals surface area contributed by atoms with E-state index in [0.717, 1.165) is 5.82 Å². The van der Waals surface area contributed by atoms with Gasteiger partial charge < -0.3 is 5.32 Å². The van der Waals surface area contributed by atoms with Crippen molar-refractivity contribution in [3.63, 3.8) is 0 Å². The Morgan fingerprint density at radius 1 is 1.18 bits per heavy atom. The second-order valence-corrected chi connectivity index (χ2v) is 4.38. The molecule has 3 heteroatoms. The van der Waals surface area contributed by atoms with Crippen LogP contribution in [0.4, 0.5) is 5.82 Å². The van der Waals surface area contributed by atoms with Gasteiger partial charge in [-0.05, 0) is 36.5 Å². The third kappa shape index (κ3) is 2.13. The third-order valence-corrected chi connectivity index (χ3v) is 3.27. The van der Waals surface area contributed by atoms with Crippen molar-refractivity contribution in [3.05, 3.63) is 54.0 Å². The number of fused-ring (bicyclic) bond motifs is 1. The summed E-state index contributed by atoms with van der Waals surface area (Å²) in [5, 5.41) is 3.49. The summed E-state index contributed by atoms with van der Waals surface area (Å²) in [6, 6.07) is 11.0. The van der Waals surface area contributed by atoms with Crippen LogP contribution in [0.15, 0.2) is 42.9 Å². The summed E-state index contributed by atoms with van der Waals surface area (Å²) in [4.78, 5) is 8.16. The van der Waals surface area contributed by atoms with Crippen LogP contribution in [0.5, 0.6) is 0 Å². The molecule has 0 aliphatic heterocycles. The molecular weight excluding hydrogens is 210 g/mol. The molecule has 86 valence electrons. The first-order valence-electron chi connectivity index (χ1n) is 6.04. The predicted octanol–water partition coefficient (Wildman–Crippen LogP) is 2.97. The minimum absolute atomic E-state index is 0.384. The Morgan fingerprint density at radius 2 is 2.12 bits per heavy atom. The van der Waals surface area contributed by atoms with Crippen molar-refractivity contribution < 1.29 is 0 Å². The van der Waals surface area contributed by atoms with E-state index in [2.05, 4.69) is 39.6 Å². The second-order valence-electron chi connectivity index (χ2n) is 4.38. The fourth-order valence-electron chi connectivity index (χ4n) is 2.46. The van der Waals surface area contributed by atoms with E-state index in [-0.39, 0.29) is 0 Å². The molecule has 3 rings (SSSR count). The van der Waals surface area contributed by atoms with Gasteiger partial charge in [0.05, 0.1) is 6.04 Å². The summed E-state index contributed by atoms with van der Waals surface area (Å²) in [6.45, 7) is 0.